The van der Waals surface area contributed by atoms with Gasteiger partial charge in [0.2, 0.25) is 0 Å². The number of hydrogen-bond acceptors (Lipinski definition) is 3. The maximum atomic E-state index is 5.02. The van der Waals surface area contributed by atoms with Crippen molar-refractivity contribution in [2.45, 2.75) is 47.1 Å². The molecule has 0 amide bonds. The van der Waals surface area contributed by atoms with Crippen molar-refractivity contribution in [3.63, 3.8) is 0 Å². The molecule has 4 heteroatoms. The maximum absolute atomic E-state index is 5.02. The maximum Gasteiger partial charge on any atom is 0.0628 e. The minimum absolute atomic E-state index is 0.686. The van der Waals surface area contributed by atoms with E-state index in [1.165, 1.54) is 23.4 Å². The van der Waals surface area contributed by atoms with E-state index < -0.39 is 0 Å². The fourth-order valence-corrected chi connectivity index (χ4v) is 2.21. The summed E-state index contributed by atoms with van der Waals surface area (Å²) in [6.07, 6.45) is 2.24. The van der Waals surface area contributed by atoms with Gasteiger partial charge in [0.05, 0.1) is 12.3 Å². The molecule has 0 radical (unpaired) electrons. The van der Waals surface area contributed by atoms with Crippen LogP contribution in [0.15, 0.2) is 0 Å². The van der Waals surface area contributed by atoms with Crippen molar-refractivity contribution in [1.29, 1.82) is 0 Å². The molecular formula is C15H29N3O. The van der Waals surface area contributed by atoms with Crippen molar-refractivity contribution in [3.8, 4) is 0 Å². The van der Waals surface area contributed by atoms with Gasteiger partial charge in [-0.25, -0.2) is 0 Å². The van der Waals surface area contributed by atoms with Crippen LogP contribution in [0.4, 0.5) is 0 Å². The van der Waals surface area contributed by atoms with E-state index >= 15 is 0 Å². The molecular weight excluding hydrogens is 238 g/mol. The Labute approximate surface area is 117 Å². The fourth-order valence-electron chi connectivity index (χ4n) is 2.21. The summed E-state index contributed by atoms with van der Waals surface area (Å²) in [5, 5.41) is 8.07. The SMILES string of the molecule is CCC(C)Cn1nc(C)c(CCNCCOC)c1C. The molecule has 1 atom stereocenters. The monoisotopic (exact) mass is 267 g/mol. The molecule has 0 spiro atoms. The normalized spacial score (nSPS) is 12.9. The number of aromatic nitrogens is 2. The Bertz CT molecular complexity index is 374. The third-order valence-electron chi connectivity index (χ3n) is 3.75. The lowest BCUT2D eigenvalue weighted by Crippen LogP contribution is -2.22. The van der Waals surface area contributed by atoms with Crippen LogP contribution >= 0.6 is 0 Å². The molecule has 0 bridgehead atoms. The van der Waals surface area contributed by atoms with Crippen molar-refractivity contribution in [2.75, 3.05) is 26.8 Å². The number of hydrogen-bond donors (Lipinski definition) is 1. The Hall–Kier alpha value is -0.870. The molecule has 0 aromatic carbocycles. The van der Waals surface area contributed by atoms with Crippen molar-refractivity contribution in [2.24, 2.45) is 5.92 Å². The van der Waals surface area contributed by atoms with Gasteiger partial charge in [0.1, 0.15) is 0 Å². The first-order valence-electron chi connectivity index (χ1n) is 7.32. The standard InChI is InChI=1S/C15H29N3O/c1-6-12(2)11-18-14(4)15(13(3)17-18)7-8-16-9-10-19-5/h12,16H,6-11H2,1-5H3. The van der Waals surface area contributed by atoms with Gasteiger partial charge >= 0.3 is 0 Å². The van der Waals surface area contributed by atoms with Crippen LogP contribution in [0, 0.1) is 19.8 Å². The van der Waals surface area contributed by atoms with Crippen molar-refractivity contribution >= 4 is 0 Å². The van der Waals surface area contributed by atoms with Gasteiger partial charge in [-0.1, -0.05) is 20.3 Å². The van der Waals surface area contributed by atoms with Gasteiger partial charge in [0.15, 0.2) is 0 Å². The first-order chi connectivity index (χ1) is 9.10. The van der Waals surface area contributed by atoms with E-state index in [9.17, 15) is 0 Å². The lowest BCUT2D eigenvalue weighted by Gasteiger charge is -2.10. The molecule has 110 valence electrons. The summed E-state index contributed by atoms with van der Waals surface area (Å²) >= 11 is 0. The highest BCUT2D eigenvalue weighted by Gasteiger charge is 2.12. The highest BCUT2D eigenvalue weighted by molar-refractivity contribution is 5.24. The lowest BCUT2D eigenvalue weighted by molar-refractivity contribution is 0.199. The summed E-state index contributed by atoms with van der Waals surface area (Å²) in [5.41, 5.74) is 3.90. The Balaban J connectivity index is 2.54. The molecule has 0 saturated heterocycles. The number of methoxy groups -OCH3 is 1. The third-order valence-corrected chi connectivity index (χ3v) is 3.75. The van der Waals surface area contributed by atoms with Gasteiger partial charge in [0.25, 0.3) is 0 Å². The summed E-state index contributed by atoms with van der Waals surface area (Å²) in [7, 11) is 1.73. The molecule has 1 aromatic heterocycles. The second-order valence-corrected chi connectivity index (χ2v) is 5.34. The van der Waals surface area contributed by atoms with Crippen molar-refractivity contribution in [3.05, 3.63) is 17.0 Å². The van der Waals surface area contributed by atoms with Gasteiger partial charge < -0.3 is 10.1 Å². The van der Waals surface area contributed by atoms with Crippen LogP contribution in [0.1, 0.15) is 37.2 Å². The third kappa shape index (κ3) is 4.96. The Morgan fingerprint density at radius 2 is 2.05 bits per heavy atom. The average molecular weight is 267 g/mol. The molecule has 4 nitrogen and oxygen atoms in total. The summed E-state index contributed by atoms with van der Waals surface area (Å²) in [4.78, 5) is 0. The molecule has 1 heterocycles. The van der Waals surface area contributed by atoms with Crippen molar-refractivity contribution < 1.29 is 4.74 Å². The second kappa shape index (κ2) is 8.33. The van der Waals surface area contributed by atoms with Crippen LogP contribution in [-0.2, 0) is 17.7 Å². The number of aryl methyl sites for hydroxylation is 1. The highest BCUT2D eigenvalue weighted by atomic mass is 16.5. The fraction of sp³-hybridized carbons (Fsp3) is 0.800. The average Bonchev–Trinajstić information content (AvgIpc) is 2.65. The summed E-state index contributed by atoms with van der Waals surface area (Å²) in [6.45, 7) is 12.5. The molecule has 0 aliphatic rings. The van der Waals surface area contributed by atoms with Crippen molar-refractivity contribution in [1.82, 2.24) is 15.1 Å². The van der Waals surface area contributed by atoms with E-state index in [4.69, 9.17) is 4.74 Å². The second-order valence-electron chi connectivity index (χ2n) is 5.34. The smallest absolute Gasteiger partial charge is 0.0628 e. The number of nitrogens with zero attached hydrogens (tertiary/aromatic N) is 2. The molecule has 0 fully saturated rings. The first-order valence-corrected chi connectivity index (χ1v) is 7.32. The minimum Gasteiger partial charge on any atom is -0.383 e. The van der Waals surface area contributed by atoms with E-state index in [-0.39, 0.29) is 0 Å². The quantitative estimate of drug-likeness (QED) is 0.698. The number of ether oxygens (including phenoxy) is 1. The van der Waals surface area contributed by atoms with Gasteiger partial charge in [-0.2, -0.15) is 5.10 Å². The zero-order valence-electron chi connectivity index (χ0n) is 13.1. The summed E-state index contributed by atoms with van der Waals surface area (Å²) in [5.74, 6) is 0.686. The van der Waals surface area contributed by atoms with Crippen LogP contribution in [0.5, 0.6) is 0 Å². The lowest BCUT2D eigenvalue weighted by atomic mass is 10.1. The van der Waals surface area contributed by atoms with Crippen LogP contribution in [0.25, 0.3) is 0 Å². The zero-order valence-corrected chi connectivity index (χ0v) is 13.1. The van der Waals surface area contributed by atoms with E-state index in [0.717, 1.165) is 32.7 Å². The summed E-state index contributed by atoms with van der Waals surface area (Å²) < 4.78 is 7.20. The van der Waals surface area contributed by atoms with Gasteiger partial charge in [-0.3, -0.25) is 4.68 Å². The van der Waals surface area contributed by atoms with Gasteiger partial charge in [-0.05, 0) is 38.3 Å². The van der Waals surface area contributed by atoms with Crippen LogP contribution in [0.2, 0.25) is 0 Å². The molecule has 0 aliphatic carbocycles. The Morgan fingerprint density at radius 3 is 2.68 bits per heavy atom. The van der Waals surface area contributed by atoms with Gasteiger partial charge in [-0.15, -0.1) is 0 Å². The molecule has 1 aromatic rings. The van der Waals surface area contributed by atoms with Gasteiger partial charge in [0, 0.05) is 25.9 Å². The molecule has 1 unspecified atom stereocenters. The van der Waals surface area contributed by atoms with Crippen LogP contribution in [-0.4, -0.2) is 36.6 Å². The first kappa shape index (κ1) is 16.2. The number of rotatable bonds is 9. The number of nitrogens with one attached hydrogen (secondary N) is 1. The zero-order chi connectivity index (χ0) is 14.3. The predicted molar refractivity (Wildman–Crippen MR) is 79.6 cm³/mol. The summed E-state index contributed by atoms with van der Waals surface area (Å²) in [6, 6.07) is 0. The predicted octanol–water partition coefficient (Wildman–Crippen LogP) is 2.32. The molecule has 19 heavy (non-hydrogen) atoms. The minimum atomic E-state index is 0.686. The Morgan fingerprint density at radius 1 is 1.32 bits per heavy atom. The highest BCUT2D eigenvalue weighted by Crippen LogP contribution is 2.15. The van der Waals surface area contributed by atoms with E-state index in [1.807, 2.05) is 0 Å². The van der Waals surface area contributed by atoms with E-state index in [0.29, 0.717) is 5.92 Å². The molecule has 0 saturated carbocycles. The topological polar surface area (TPSA) is 39.1 Å². The Kier molecular flexibility index (Phi) is 7.10. The molecule has 1 N–H and O–H groups in total. The van der Waals surface area contributed by atoms with E-state index in [1.54, 1.807) is 7.11 Å². The largest absolute Gasteiger partial charge is 0.383 e. The van der Waals surface area contributed by atoms with E-state index in [2.05, 4.69) is 42.8 Å². The molecule has 0 aliphatic heterocycles. The van der Waals surface area contributed by atoms with Crippen LogP contribution in [0.3, 0.4) is 0 Å². The molecule has 1 rings (SSSR count). The van der Waals surface area contributed by atoms with Crippen LogP contribution < -0.4 is 5.32 Å².